The van der Waals surface area contributed by atoms with E-state index in [0.717, 1.165) is 10.9 Å². The number of hydrogen-bond donors (Lipinski definition) is 1. The van der Waals surface area contributed by atoms with Gasteiger partial charge in [-0.1, -0.05) is 12.1 Å². The highest BCUT2D eigenvalue weighted by atomic mass is 16.5. The highest BCUT2D eigenvalue weighted by Gasteiger charge is 2.06. The van der Waals surface area contributed by atoms with E-state index in [9.17, 15) is 5.11 Å². The lowest BCUT2D eigenvalue weighted by atomic mass is 10.2. The number of aromatic hydroxyl groups is 1. The largest absolute Gasteiger partial charge is 0.507 e. The number of benzene rings is 2. The Morgan fingerprint density at radius 2 is 1.64 bits per heavy atom. The molecule has 2 heterocycles. The molecule has 2 aromatic heterocycles. The van der Waals surface area contributed by atoms with E-state index in [2.05, 4.69) is 9.97 Å². The van der Waals surface area contributed by atoms with Crippen LogP contribution >= 0.6 is 0 Å². The summed E-state index contributed by atoms with van der Waals surface area (Å²) in [6.07, 6.45) is 1.75. The molecule has 4 nitrogen and oxygen atoms in total. The molecule has 0 unspecified atom stereocenters. The summed E-state index contributed by atoms with van der Waals surface area (Å²) in [4.78, 5) is 8.75. The van der Waals surface area contributed by atoms with Gasteiger partial charge in [0.1, 0.15) is 11.5 Å². The fourth-order valence-electron chi connectivity index (χ4n) is 2.45. The maximum absolute atomic E-state index is 9.80. The summed E-state index contributed by atoms with van der Waals surface area (Å²) in [6.45, 7) is 0. The molecule has 22 heavy (non-hydrogen) atoms. The van der Waals surface area contributed by atoms with Gasteiger partial charge in [-0.05, 0) is 42.5 Å². The first-order chi connectivity index (χ1) is 10.8. The third-order valence-corrected chi connectivity index (χ3v) is 3.50. The Bertz CT molecular complexity index is 977. The summed E-state index contributed by atoms with van der Waals surface area (Å²) in [5, 5.41) is 11.4. The fourth-order valence-corrected chi connectivity index (χ4v) is 2.45. The second-order valence-electron chi connectivity index (χ2n) is 4.92. The molecule has 2 aromatic carbocycles. The molecule has 0 aliphatic heterocycles. The van der Waals surface area contributed by atoms with Gasteiger partial charge in [0, 0.05) is 23.0 Å². The Balaban J connectivity index is 1.79. The first-order valence-electron chi connectivity index (χ1n) is 6.91. The van der Waals surface area contributed by atoms with Crippen LogP contribution in [0.25, 0.3) is 21.8 Å². The zero-order valence-corrected chi connectivity index (χ0v) is 11.6. The Hall–Kier alpha value is -3.14. The van der Waals surface area contributed by atoms with Crippen molar-refractivity contribution in [1.29, 1.82) is 0 Å². The van der Waals surface area contributed by atoms with Crippen LogP contribution in [0.5, 0.6) is 17.4 Å². The number of fused-ring (bicyclic) bond motifs is 2. The molecule has 0 amide bonds. The van der Waals surface area contributed by atoms with Crippen LogP contribution in [0, 0.1) is 0 Å². The van der Waals surface area contributed by atoms with E-state index in [1.54, 1.807) is 30.5 Å². The minimum absolute atomic E-state index is 0.214. The van der Waals surface area contributed by atoms with Crippen LogP contribution in [0.1, 0.15) is 0 Å². The van der Waals surface area contributed by atoms with Crippen molar-refractivity contribution in [2.24, 2.45) is 0 Å². The molecule has 0 bridgehead atoms. The van der Waals surface area contributed by atoms with Gasteiger partial charge in [0.25, 0.3) is 0 Å². The van der Waals surface area contributed by atoms with E-state index in [-0.39, 0.29) is 5.75 Å². The van der Waals surface area contributed by atoms with Gasteiger partial charge < -0.3 is 9.84 Å². The lowest BCUT2D eigenvalue weighted by molar-refractivity contribution is 0.469. The Morgan fingerprint density at radius 1 is 0.773 bits per heavy atom. The topological polar surface area (TPSA) is 55.2 Å². The molecule has 0 saturated carbocycles. The van der Waals surface area contributed by atoms with Gasteiger partial charge in [-0.15, -0.1) is 0 Å². The van der Waals surface area contributed by atoms with Gasteiger partial charge in [0.05, 0.1) is 11.0 Å². The molecule has 4 aromatic rings. The second-order valence-corrected chi connectivity index (χ2v) is 4.92. The van der Waals surface area contributed by atoms with Crippen molar-refractivity contribution in [2.45, 2.75) is 0 Å². The minimum atomic E-state index is 0.214. The predicted octanol–water partition coefficient (Wildman–Crippen LogP) is 4.28. The first kappa shape index (κ1) is 12.6. The summed E-state index contributed by atoms with van der Waals surface area (Å²) in [5.74, 6) is 1.40. The van der Waals surface area contributed by atoms with Crippen molar-refractivity contribution in [3.8, 4) is 17.4 Å². The molecular formula is C18H12N2O2. The standard InChI is InChI=1S/C18H12N2O2/c21-16-7-1-6-15-12(16)9-10-18(20-15)22-17-8-2-5-14-13(17)4-3-11-19-14/h1-11,21H. The normalized spacial score (nSPS) is 10.9. The van der Waals surface area contributed by atoms with Crippen molar-refractivity contribution in [3.63, 3.8) is 0 Å². The molecule has 0 atom stereocenters. The van der Waals surface area contributed by atoms with E-state index in [1.807, 2.05) is 36.4 Å². The molecule has 1 N–H and O–H groups in total. The number of pyridine rings is 2. The van der Waals surface area contributed by atoms with Gasteiger partial charge in [0.2, 0.25) is 5.88 Å². The first-order valence-corrected chi connectivity index (χ1v) is 6.91. The molecule has 4 rings (SSSR count). The monoisotopic (exact) mass is 288 g/mol. The van der Waals surface area contributed by atoms with Crippen LogP contribution < -0.4 is 4.74 Å². The van der Waals surface area contributed by atoms with Crippen LogP contribution in [0.15, 0.2) is 66.9 Å². The second kappa shape index (κ2) is 5.00. The van der Waals surface area contributed by atoms with Crippen LogP contribution in [0.3, 0.4) is 0 Å². The zero-order valence-electron chi connectivity index (χ0n) is 11.6. The molecule has 0 radical (unpaired) electrons. The summed E-state index contributed by atoms with van der Waals surface area (Å²) in [6, 6.07) is 18.4. The SMILES string of the molecule is Oc1cccc2nc(Oc3cccc4ncccc34)ccc12. The van der Waals surface area contributed by atoms with E-state index >= 15 is 0 Å². The average Bonchev–Trinajstić information content (AvgIpc) is 2.55. The third kappa shape index (κ3) is 2.11. The summed E-state index contributed by atoms with van der Waals surface area (Å²) in [7, 11) is 0. The highest BCUT2D eigenvalue weighted by Crippen LogP contribution is 2.30. The smallest absolute Gasteiger partial charge is 0.219 e. The molecule has 0 saturated heterocycles. The minimum Gasteiger partial charge on any atom is -0.507 e. The van der Waals surface area contributed by atoms with E-state index in [1.165, 1.54) is 0 Å². The number of aromatic nitrogens is 2. The van der Waals surface area contributed by atoms with E-state index < -0.39 is 0 Å². The van der Waals surface area contributed by atoms with Crippen molar-refractivity contribution < 1.29 is 9.84 Å². The number of rotatable bonds is 2. The van der Waals surface area contributed by atoms with Crippen molar-refractivity contribution in [1.82, 2.24) is 9.97 Å². The molecule has 4 heteroatoms. The lowest BCUT2D eigenvalue weighted by Crippen LogP contribution is -1.90. The predicted molar refractivity (Wildman–Crippen MR) is 85.2 cm³/mol. The maximum atomic E-state index is 9.80. The molecule has 0 fully saturated rings. The third-order valence-electron chi connectivity index (χ3n) is 3.50. The van der Waals surface area contributed by atoms with Gasteiger partial charge in [0.15, 0.2) is 0 Å². The van der Waals surface area contributed by atoms with Crippen LogP contribution in [0.4, 0.5) is 0 Å². The van der Waals surface area contributed by atoms with Crippen molar-refractivity contribution >= 4 is 21.8 Å². The number of phenols is 1. The Morgan fingerprint density at radius 3 is 2.59 bits per heavy atom. The summed E-state index contributed by atoms with van der Waals surface area (Å²) in [5.41, 5.74) is 1.56. The molecule has 0 aliphatic carbocycles. The van der Waals surface area contributed by atoms with E-state index in [0.29, 0.717) is 22.5 Å². The summed E-state index contributed by atoms with van der Waals surface area (Å²) >= 11 is 0. The van der Waals surface area contributed by atoms with Crippen molar-refractivity contribution in [3.05, 3.63) is 66.9 Å². The average molecular weight is 288 g/mol. The quantitative estimate of drug-likeness (QED) is 0.598. The zero-order chi connectivity index (χ0) is 14.9. The number of phenolic OH excluding ortho intramolecular Hbond substituents is 1. The molecular weight excluding hydrogens is 276 g/mol. The van der Waals surface area contributed by atoms with Crippen LogP contribution in [0.2, 0.25) is 0 Å². The van der Waals surface area contributed by atoms with Gasteiger partial charge in [-0.2, -0.15) is 0 Å². The Labute approximate surface area is 126 Å². The summed E-state index contributed by atoms with van der Waals surface area (Å²) < 4.78 is 5.91. The number of nitrogens with zero attached hydrogens (tertiary/aromatic N) is 2. The molecule has 106 valence electrons. The molecule has 0 spiro atoms. The van der Waals surface area contributed by atoms with Gasteiger partial charge in [-0.25, -0.2) is 4.98 Å². The molecule has 0 aliphatic rings. The van der Waals surface area contributed by atoms with Gasteiger partial charge >= 0.3 is 0 Å². The van der Waals surface area contributed by atoms with Gasteiger partial charge in [-0.3, -0.25) is 4.98 Å². The maximum Gasteiger partial charge on any atom is 0.219 e. The number of ether oxygens (including phenoxy) is 1. The highest BCUT2D eigenvalue weighted by molar-refractivity contribution is 5.86. The van der Waals surface area contributed by atoms with Crippen LogP contribution in [-0.4, -0.2) is 15.1 Å². The van der Waals surface area contributed by atoms with Crippen LogP contribution in [-0.2, 0) is 0 Å². The fraction of sp³-hybridized carbons (Fsp3) is 0. The van der Waals surface area contributed by atoms with Crippen molar-refractivity contribution in [2.75, 3.05) is 0 Å². The number of hydrogen-bond acceptors (Lipinski definition) is 4. The lowest BCUT2D eigenvalue weighted by Gasteiger charge is -2.08. The Kier molecular flexibility index (Phi) is 2.86. The van der Waals surface area contributed by atoms with E-state index in [4.69, 9.17) is 4.74 Å².